The molecule has 3 atom stereocenters. The molecule has 11 heavy (non-hydrogen) atoms. The average Bonchev–Trinajstić information content (AvgIpc) is 1.85. The van der Waals surface area contributed by atoms with Gasteiger partial charge in [0.25, 0.3) is 0 Å². The van der Waals surface area contributed by atoms with E-state index in [1.807, 2.05) is 0 Å². The van der Waals surface area contributed by atoms with Crippen LogP contribution in [0.25, 0.3) is 0 Å². The first-order valence-corrected chi connectivity index (χ1v) is 5.06. The quantitative estimate of drug-likeness (QED) is 0.637. The zero-order valence-corrected chi connectivity index (χ0v) is 8.19. The standard InChI is InChI=1S/C9H18ClN/c1-3-4-9-6-8(10)5-7(2)11-9/h7-9,11H,3-6H2,1-2H3. The van der Waals surface area contributed by atoms with Crippen molar-refractivity contribution in [3.05, 3.63) is 0 Å². The molecule has 1 saturated heterocycles. The molecule has 0 saturated carbocycles. The molecule has 1 nitrogen and oxygen atoms in total. The van der Waals surface area contributed by atoms with Crippen LogP contribution in [-0.2, 0) is 0 Å². The van der Waals surface area contributed by atoms with Crippen LogP contribution in [0.5, 0.6) is 0 Å². The Kier molecular flexibility index (Phi) is 3.67. The Morgan fingerprint density at radius 3 is 2.73 bits per heavy atom. The first-order chi connectivity index (χ1) is 5.22. The summed E-state index contributed by atoms with van der Waals surface area (Å²) in [5.41, 5.74) is 0. The van der Waals surface area contributed by atoms with Crippen molar-refractivity contribution >= 4 is 11.6 Å². The van der Waals surface area contributed by atoms with E-state index in [0.29, 0.717) is 17.5 Å². The molecule has 0 aromatic rings. The number of nitrogens with one attached hydrogen (secondary N) is 1. The third-order valence-electron chi connectivity index (χ3n) is 2.31. The highest BCUT2D eigenvalue weighted by molar-refractivity contribution is 6.20. The highest BCUT2D eigenvalue weighted by Crippen LogP contribution is 2.20. The lowest BCUT2D eigenvalue weighted by atomic mass is 9.96. The van der Waals surface area contributed by atoms with Gasteiger partial charge in [0.1, 0.15) is 0 Å². The van der Waals surface area contributed by atoms with Crippen LogP contribution in [0.4, 0.5) is 0 Å². The van der Waals surface area contributed by atoms with E-state index in [-0.39, 0.29) is 0 Å². The van der Waals surface area contributed by atoms with Gasteiger partial charge in [-0.1, -0.05) is 13.3 Å². The molecule has 1 N–H and O–H groups in total. The second-order valence-electron chi connectivity index (χ2n) is 3.62. The normalized spacial score (nSPS) is 39.0. The van der Waals surface area contributed by atoms with Crippen molar-refractivity contribution in [2.75, 3.05) is 0 Å². The highest BCUT2D eigenvalue weighted by atomic mass is 35.5. The number of piperidine rings is 1. The topological polar surface area (TPSA) is 12.0 Å². The predicted octanol–water partition coefficient (Wildman–Crippen LogP) is 2.53. The summed E-state index contributed by atoms with van der Waals surface area (Å²) in [5, 5.41) is 3.97. The molecule has 66 valence electrons. The summed E-state index contributed by atoms with van der Waals surface area (Å²) < 4.78 is 0. The van der Waals surface area contributed by atoms with E-state index in [0.717, 1.165) is 12.8 Å². The summed E-state index contributed by atoms with van der Waals surface area (Å²) in [5.74, 6) is 0. The molecule has 0 amide bonds. The summed E-state index contributed by atoms with van der Waals surface area (Å²) >= 11 is 6.10. The second kappa shape index (κ2) is 4.32. The smallest absolute Gasteiger partial charge is 0.0365 e. The van der Waals surface area contributed by atoms with Gasteiger partial charge in [0.2, 0.25) is 0 Å². The summed E-state index contributed by atoms with van der Waals surface area (Å²) in [6.45, 7) is 4.45. The fraction of sp³-hybridized carbons (Fsp3) is 1.00. The van der Waals surface area contributed by atoms with Crippen LogP contribution >= 0.6 is 11.6 Å². The molecule has 1 rings (SSSR count). The zero-order valence-electron chi connectivity index (χ0n) is 7.44. The SMILES string of the molecule is CCCC1CC(Cl)CC(C)N1. The van der Waals surface area contributed by atoms with Crippen LogP contribution in [0.15, 0.2) is 0 Å². The van der Waals surface area contributed by atoms with Crippen LogP contribution in [0.1, 0.15) is 39.5 Å². The lowest BCUT2D eigenvalue weighted by Crippen LogP contribution is -2.44. The van der Waals surface area contributed by atoms with Gasteiger partial charge in [-0.15, -0.1) is 11.6 Å². The van der Waals surface area contributed by atoms with Crippen molar-refractivity contribution in [3.63, 3.8) is 0 Å². The Hall–Kier alpha value is 0.250. The number of hydrogen-bond donors (Lipinski definition) is 1. The summed E-state index contributed by atoms with van der Waals surface area (Å²) in [6, 6.07) is 1.29. The third kappa shape index (κ3) is 3.00. The molecule has 2 heteroatoms. The van der Waals surface area contributed by atoms with Crippen LogP contribution in [0.2, 0.25) is 0 Å². The fourth-order valence-corrected chi connectivity index (χ4v) is 2.36. The van der Waals surface area contributed by atoms with Gasteiger partial charge in [0.05, 0.1) is 0 Å². The van der Waals surface area contributed by atoms with Gasteiger partial charge in [0.15, 0.2) is 0 Å². The van der Waals surface area contributed by atoms with Crippen LogP contribution in [0, 0.1) is 0 Å². The van der Waals surface area contributed by atoms with Crippen molar-refractivity contribution in [2.24, 2.45) is 0 Å². The monoisotopic (exact) mass is 175 g/mol. The molecule has 0 spiro atoms. The van der Waals surface area contributed by atoms with E-state index in [9.17, 15) is 0 Å². The van der Waals surface area contributed by atoms with Crippen molar-refractivity contribution in [1.29, 1.82) is 0 Å². The molecule has 1 aliphatic heterocycles. The number of alkyl halides is 1. The van der Waals surface area contributed by atoms with Crippen molar-refractivity contribution in [2.45, 2.75) is 57.0 Å². The molecule has 0 aromatic carbocycles. The van der Waals surface area contributed by atoms with E-state index in [1.165, 1.54) is 12.8 Å². The van der Waals surface area contributed by atoms with Crippen molar-refractivity contribution in [3.8, 4) is 0 Å². The van der Waals surface area contributed by atoms with Gasteiger partial charge >= 0.3 is 0 Å². The first kappa shape index (κ1) is 9.34. The molecule has 0 radical (unpaired) electrons. The molecule has 1 heterocycles. The van der Waals surface area contributed by atoms with E-state index in [2.05, 4.69) is 19.2 Å². The minimum absolute atomic E-state index is 0.405. The minimum Gasteiger partial charge on any atom is -0.311 e. The van der Waals surface area contributed by atoms with Crippen molar-refractivity contribution < 1.29 is 0 Å². The zero-order chi connectivity index (χ0) is 8.27. The van der Waals surface area contributed by atoms with E-state index in [1.54, 1.807) is 0 Å². The fourth-order valence-electron chi connectivity index (χ4n) is 1.88. The first-order valence-electron chi connectivity index (χ1n) is 4.62. The Morgan fingerprint density at radius 2 is 2.18 bits per heavy atom. The Morgan fingerprint density at radius 1 is 1.45 bits per heavy atom. The van der Waals surface area contributed by atoms with E-state index in [4.69, 9.17) is 11.6 Å². The van der Waals surface area contributed by atoms with Crippen LogP contribution in [-0.4, -0.2) is 17.5 Å². The van der Waals surface area contributed by atoms with E-state index < -0.39 is 0 Å². The summed E-state index contributed by atoms with van der Waals surface area (Å²) in [4.78, 5) is 0. The maximum absolute atomic E-state index is 6.10. The molecule has 1 aliphatic rings. The van der Waals surface area contributed by atoms with Crippen LogP contribution < -0.4 is 5.32 Å². The second-order valence-corrected chi connectivity index (χ2v) is 4.24. The van der Waals surface area contributed by atoms with Crippen molar-refractivity contribution in [1.82, 2.24) is 5.32 Å². The Labute approximate surface area is 74.5 Å². The average molecular weight is 176 g/mol. The van der Waals surface area contributed by atoms with Gasteiger partial charge in [0, 0.05) is 17.5 Å². The molecule has 0 aromatic heterocycles. The van der Waals surface area contributed by atoms with Crippen LogP contribution in [0.3, 0.4) is 0 Å². The molecule has 1 fully saturated rings. The summed E-state index contributed by atoms with van der Waals surface area (Å²) in [7, 11) is 0. The van der Waals surface area contributed by atoms with Gasteiger partial charge in [-0.3, -0.25) is 0 Å². The van der Waals surface area contributed by atoms with Gasteiger partial charge in [-0.2, -0.15) is 0 Å². The summed E-state index contributed by atoms with van der Waals surface area (Å²) in [6.07, 6.45) is 4.81. The maximum atomic E-state index is 6.10. The Balaban J connectivity index is 2.30. The number of hydrogen-bond acceptors (Lipinski definition) is 1. The Bertz CT molecular complexity index is 106. The minimum atomic E-state index is 0.405. The van der Waals surface area contributed by atoms with Gasteiger partial charge in [-0.25, -0.2) is 0 Å². The van der Waals surface area contributed by atoms with Gasteiger partial charge in [-0.05, 0) is 26.2 Å². The predicted molar refractivity (Wildman–Crippen MR) is 50.2 cm³/mol. The van der Waals surface area contributed by atoms with E-state index >= 15 is 0 Å². The maximum Gasteiger partial charge on any atom is 0.0365 e. The lowest BCUT2D eigenvalue weighted by Gasteiger charge is -2.31. The lowest BCUT2D eigenvalue weighted by molar-refractivity contribution is 0.324. The highest BCUT2D eigenvalue weighted by Gasteiger charge is 2.23. The van der Waals surface area contributed by atoms with Gasteiger partial charge < -0.3 is 5.32 Å². The third-order valence-corrected chi connectivity index (χ3v) is 2.66. The molecule has 0 bridgehead atoms. The largest absolute Gasteiger partial charge is 0.311 e. The molecule has 3 unspecified atom stereocenters. The molecular weight excluding hydrogens is 158 g/mol. The number of rotatable bonds is 2. The molecule has 0 aliphatic carbocycles. The number of halogens is 1. The molecular formula is C9H18ClN.